The van der Waals surface area contributed by atoms with Gasteiger partial charge in [-0.15, -0.1) is 0 Å². The molecule has 6 heteroatoms. The van der Waals surface area contributed by atoms with Crippen LogP contribution >= 0.6 is 0 Å². The fourth-order valence-corrected chi connectivity index (χ4v) is 2.54. The number of nitrogens with zero attached hydrogens (tertiary/aromatic N) is 1. The van der Waals surface area contributed by atoms with E-state index in [1.807, 2.05) is 13.8 Å². The van der Waals surface area contributed by atoms with Gasteiger partial charge in [0.15, 0.2) is 11.5 Å². The van der Waals surface area contributed by atoms with Crippen LogP contribution in [0.1, 0.15) is 13.8 Å². The van der Waals surface area contributed by atoms with Crippen molar-refractivity contribution in [1.29, 1.82) is 0 Å². The van der Waals surface area contributed by atoms with Crippen LogP contribution in [0.5, 0.6) is 11.5 Å². The van der Waals surface area contributed by atoms with Crippen molar-refractivity contribution in [3.05, 3.63) is 54.2 Å². The molecule has 0 saturated carbocycles. The largest absolute Gasteiger partial charge is 0.490 e. The summed E-state index contributed by atoms with van der Waals surface area (Å²) in [6, 6.07) is 8.71. The van der Waals surface area contributed by atoms with Crippen LogP contribution in [-0.2, 0) is 0 Å². The van der Waals surface area contributed by atoms with Gasteiger partial charge in [0.05, 0.1) is 24.4 Å². The van der Waals surface area contributed by atoms with Crippen LogP contribution in [-0.4, -0.2) is 18.2 Å². The lowest BCUT2D eigenvalue weighted by Crippen LogP contribution is -2.00. The third-order valence-electron chi connectivity index (χ3n) is 3.61. The highest BCUT2D eigenvalue weighted by Gasteiger charge is 2.12. The van der Waals surface area contributed by atoms with Crippen LogP contribution in [0.25, 0.3) is 10.9 Å². The van der Waals surface area contributed by atoms with Crippen molar-refractivity contribution in [2.75, 3.05) is 18.5 Å². The summed E-state index contributed by atoms with van der Waals surface area (Å²) in [6.45, 7) is 4.77. The average molecular weight is 344 g/mol. The summed E-state index contributed by atoms with van der Waals surface area (Å²) in [5.41, 5.74) is 1.50. The fourth-order valence-electron chi connectivity index (χ4n) is 2.54. The topological polar surface area (TPSA) is 43.4 Å². The molecule has 3 aromatic rings. The Morgan fingerprint density at radius 1 is 0.920 bits per heavy atom. The third kappa shape index (κ3) is 3.63. The average Bonchev–Trinajstić information content (AvgIpc) is 2.59. The van der Waals surface area contributed by atoms with E-state index in [-0.39, 0.29) is 5.69 Å². The Hall–Kier alpha value is -2.89. The number of benzene rings is 2. The first-order chi connectivity index (χ1) is 12.1. The summed E-state index contributed by atoms with van der Waals surface area (Å²) in [6.07, 6.45) is 1.61. The van der Waals surface area contributed by atoms with Crippen molar-refractivity contribution in [3.63, 3.8) is 0 Å². The van der Waals surface area contributed by atoms with Gasteiger partial charge in [-0.3, -0.25) is 4.98 Å². The SMILES string of the molecule is CCOc1cc2nccc(Nc3ccc(F)cc3F)c2cc1OCC. The fraction of sp³-hybridized carbons (Fsp3) is 0.211. The summed E-state index contributed by atoms with van der Waals surface area (Å²) in [4.78, 5) is 4.33. The van der Waals surface area contributed by atoms with Gasteiger partial charge in [-0.1, -0.05) is 0 Å². The van der Waals surface area contributed by atoms with Gasteiger partial charge in [0, 0.05) is 29.4 Å². The van der Waals surface area contributed by atoms with Crippen molar-refractivity contribution in [2.45, 2.75) is 13.8 Å². The van der Waals surface area contributed by atoms with Gasteiger partial charge in [-0.25, -0.2) is 8.78 Å². The van der Waals surface area contributed by atoms with Crippen LogP contribution in [0.15, 0.2) is 42.6 Å². The van der Waals surface area contributed by atoms with E-state index in [1.165, 1.54) is 12.1 Å². The Bertz CT molecular complexity index is 900. The number of nitrogens with one attached hydrogen (secondary N) is 1. The van der Waals surface area contributed by atoms with Gasteiger partial charge >= 0.3 is 0 Å². The van der Waals surface area contributed by atoms with Crippen molar-refractivity contribution in [3.8, 4) is 11.5 Å². The van der Waals surface area contributed by atoms with Crippen LogP contribution < -0.4 is 14.8 Å². The smallest absolute Gasteiger partial charge is 0.163 e. The van der Waals surface area contributed by atoms with Crippen LogP contribution in [0.3, 0.4) is 0 Å². The zero-order chi connectivity index (χ0) is 17.8. The highest BCUT2D eigenvalue weighted by molar-refractivity contribution is 5.95. The molecule has 1 N–H and O–H groups in total. The van der Waals surface area contributed by atoms with Crippen molar-refractivity contribution < 1.29 is 18.3 Å². The molecule has 0 saturated heterocycles. The molecule has 0 radical (unpaired) electrons. The number of ether oxygens (including phenoxy) is 2. The molecular weight excluding hydrogens is 326 g/mol. The molecule has 2 aromatic carbocycles. The Balaban J connectivity index is 2.07. The van der Waals surface area contributed by atoms with Crippen LogP contribution in [0, 0.1) is 11.6 Å². The molecule has 130 valence electrons. The maximum absolute atomic E-state index is 13.9. The van der Waals surface area contributed by atoms with Gasteiger partial charge in [0.1, 0.15) is 11.6 Å². The lowest BCUT2D eigenvalue weighted by Gasteiger charge is -2.15. The van der Waals surface area contributed by atoms with Gasteiger partial charge < -0.3 is 14.8 Å². The van der Waals surface area contributed by atoms with Gasteiger partial charge in [-0.05, 0) is 38.1 Å². The normalized spacial score (nSPS) is 10.7. The first-order valence-electron chi connectivity index (χ1n) is 8.02. The molecule has 0 fully saturated rings. The Kier molecular flexibility index (Phi) is 4.97. The number of hydrogen-bond acceptors (Lipinski definition) is 4. The predicted octanol–water partition coefficient (Wildman–Crippen LogP) is 5.05. The second-order valence-electron chi connectivity index (χ2n) is 5.29. The molecule has 0 atom stereocenters. The lowest BCUT2D eigenvalue weighted by atomic mass is 10.1. The van der Waals surface area contributed by atoms with E-state index in [2.05, 4.69) is 10.3 Å². The number of fused-ring (bicyclic) bond motifs is 1. The number of halogens is 2. The Morgan fingerprint density at radius 2 is 1.64 bits per heavy atom. The predicted molar refractivity (Wildman–Crippen MR) is 93.7 cm³/mol. The van der Waals surface area contributed by atoms with Crippen molar-refractivity contribution in [2.24, 2.45) is 0 Å². The van der Waals surface area contributed by atoms with E-state index in [0.29, 0.717) is 35.9 Å². The summed E-state index contributed by atoms with van der Waals surface area (Å²) >= 11 is 0. The van der Waals surface area contributed by atoms with E-state index in [4.69, 9.17) is 9.47 Å². The summed E-state index contributed by atoms with van der Waals surface area (Å²) in [5.74, 6) is -0.0921. The molecule has 4 nitrogen and oxygen atoms in total. The third-order valence-corrected chi connectivity index (χ3v) is 3.61. The molecule has 1 aromatic heterocycles. The van der Waals surface area contributed by atoms with Crippen LogP contribution in [0.2, 0.25) is 0 Å². The van der Waals surface area contributed by atoms with Crippen molar-refractivity contribution in [1.82, 2.24) is 4.98 Å². The van der Waals surface area contributed by atoms with E-state index >= 15 is 0 Å². The van der Waals surface area contributed by atoms with Gasteiger partial charge in [-0.2, -0.15) is 0 Å². The maximum atomic E-state index is 13.9. The zero-order valence-electron chi connectivity index (χ0n) is 14.0. The number of anilines is 2. The molecule has 1 heterocycles. The minimum absolute atomic E-state index is 0.181. The highest BCUT2D eigenvalue weighted by Crippen LogP contribution is 2.36. The van der Waals surface area contributed by atoms with E-state index in [0.717, 1.165) is 11.5 Å². The molecule has 25 heavy (non-hydrogen) atoms. The van der Waals surface area contributed by atoms with E-state index in [1.54, 1.807) is 24.4 Å². The molecule has 0 spiro atoms. The maximum Gasteiger partial charge on any atom is 0.163 e. The molecular formula is C19H18F2N2O2. The number of aromatic nitrogens is 1. The zero-order valence-corrected chi connectivity index (χ0v) is 14.0. The molecule has 3 rings (SSSR count). The Labute approximate surface area is 144 Å². The second kappa shape index (κ2) is 7.34. The Morgan fingerprint density at radius 3 is 2.32 bits per heavy atom. The number of hydrogen-bond donors (Lipinski definition) is 1. The van der Waals surface area contributed by atoms with Crippen LogP contribution in [0.4, 0.5) is 20.2 Å². The first-order valence-corrected chi connectivity index (χ1v) is 8.02. The quantitative estimate of drug-likeness (QED) is 0.679. The standard InChI is InChI=1S/C19H18F2N2O2/c1-3-24-18-10-13-15(23-16-6-5-12(20)9-14(16)21)7-8-22-17(13)11-19(18)25-4-2/h5-11H,3-4H2,1-2H3,(H,22,23). The molecule has 0 aliphatic carbocycles. The highest BCUT2D eigenvalue weighted by atomic mass is 19.1. The first kappa shape index (κ1) is 17.0. The molecule has 0 aliphatic rings. The van der Waals surface area contributed by atoms with Gasteiger partial charge in [0.2, 0.25) is 0 Å². The van der Waals surface area contributed by atoms with E-state index in [9.17, 15) is 8.78 Å². The minimum atomic E-state index is -0.666. The summed E-state index contributed by atoms with van der Waals surface area (Å²) in [5, 5.41) is 3.73. The number of pyridine rings is 1. The van der Waals surface area contributed by atoms with E-state index < -0.39 is 11.6 Å². The lowest BCUT2D eigenvalue weighted by molar-refractivity contribution is 0.288. The van der Waals surface area contributed by atoms with Gasteiger partial charge in [0.25, 0.3) is 0 Å². The number of rotatable bonds is 6. The molecule has 0 amide bonds. The molecule has 0 unspecified atom stereocenters. The second-order valence-corrected chi connectivity index (χ2v) is 5.29. The minimum Gasteiger partial charge on any atom is -0.490 e. The monoisotopic (exact) mass is 344 g/mol. The van der Waals surface area contributed by atoms with Crippen molar-refractivity contribution >= 4 is 22.3 Å². The summed E-state index contributed by atoms with van der Waals surface area (Å²) in [7, 11) is 0. The summed E-state index contributed by atoms with van der Waals surface area (Å²) < 4.78 is 38.3. The molecule has 0 aliphatic heterocycles. The molecule has 0 bridgehead atoms.